The SMILES string of the molecule is O=C(c1ccoc1)N1CCC2C(CCC(=O)N2CCc2cccs2)C1. The molecule has 5 nitrogen and oxygen atoms in total. The molecule has 0 N–H and O–H groups in total. The Hall–Kier alpha value is -2.08. The van der Waals surface area contributed by atoms with E-state index in [1.807, 2.05) is 4.90 Å². The number of rotatable bonds is 4. The Bertz CT molecular complexity index is 726. The van der Waals surface area contributed by atoms with Crippen LogP contribution in [0.2, 0.25) is 0 Å². The summed E-state index contributed by atoms with van der Waals surface area (Å²) in [6, 6.07) is 6.17. The Morgan fingerprint density at radius 2 is 2.24 bits per heavy atom. The first-order valence-corrected chi connectivity index (χ1v) is 9.73. The standard InChI is InChI=1S/C19H22N2O3S/c22-18-4-3-14-12-20(19(23)15-7-10-24-13-15)8-6-17(14)21(18)9-5-16-2-1-11-25-16/h1-2,7,10-11,13-14,17H,3-6,8-9,12H2. The fraction of sp³-hybridized carbons (Fsp3) is 0.474. The molecule has 0 radical (unpaired) electrons. The van der Waals surface area contributed by atoms with Gasteiger partial charge in [-0.3, -0.25) is 9.59 Å². The molecule has 6 heteroatoms. The van der Waals surface area contributed by atoms with Crippen molar-refractivity contribution in [2.45, 2.75) is 31.7 Å². The zero-order valence-corrected chi connectivity index (χ0v) is 14.9. The lowest BCUT2D eigenvalue weighted by Crippen LogP contribution is -2.57. The van der Waals surface area contributed by atoms with Gasteiger partial charge in [0.2, 0.25) is 5.91 Å². The number of nitrogens with zero attached hydrogens (tertiary/aromatic N) is 2. The van der Waals surface area contributed by atoms with Gasteiger partial charge >= 0.3 is 0 Å². The first-order valence-electron chi connectivity index (χ1n) is 8.85. The number of likely N-dealkylation sites (tertiary alicyclic amines) is 2. The highest BCUT2D eigenvalue weighted by Gasteiger charge is 2.40. The Morgan fingerprint density at radius 1 is 1.32 bits per heavy atom. The fourth-order valence-electron chi connectivity index (χ4n) is 4.08. The van der Waals surface area contributed by atoms with Crippen LogP contribution in [0.4, 0.5) is 0 Å². The van der Waals surface area contributed by atoms with E-state index in [-0.39, 0.29) is 17.9 Å². The Balaban J connectivity index is 1.41. The van der Waals surface area contributed by atoms with E-state index in [4.69, 9.17) is 4.42 Å². The molecule has 4 rings (SSSR count). The highest BCUT2D eigenvalue weighted by molar-refractivity contribution is 7.09. The molecule has 0 bridgehead atoms. The number of carbonyl (C=O) groups excluding carboxylic acids is 2. The first kappa shape index (κ1) is 16.4. The smallest absolute Gasteiger partial charge is 0.257 e. The maximum absolute atomic E-state index is 12.5. The van der Waals surface area contributed by atoms with Crippen LogP contribution in [0, 0.1) is 5.92 Å². The molecule has 0 aliphatic carbocycles. The van der Waals surface area contributed by atoms with E-state index >= 15 is 0 Å². The van der Waals surface area contributed by atoms with Crippen LogP contribution in [-0.4, -0.2) is 47.3 Å². The van der Waals surface area contributed by atoms with E-state index < -0.39 is 0 Å². The molecule has 0 spiro atoms. The van der Waals surface area contributed by atoms with Gasteiger partial charge in [0.1, 0.15) is 6.26 Å². The van der Waals surface area contributed by atoms with Crippen LogP contribution < -0.4 is 0 Å². The van der Waals surface area contributed by atoms with E-state index in [0.29, 0.717) is 24.4 Å². The predicted molar refractivity (Wildman–Crippen MR) is 95.5 cm³/mol. The van der Waals surface area contributed by atoms with Crippen LogP contribution in [0.1, 0.15) is 34.5 Å². The molecule has 2 saturated heterocycles. The lowest BCUT2D eigenvalue weighted by Gasteiger charge is -2.47. The van der Waals surface area contributed by atoms with Crippen LogP contribution in [0.25, 0.3) is 0 Å². The van der Waals surface area contributed by atoms with Gasteiger partial charge in [-0.25, -0.2) is 0 Å². The highest BCUT2D eigenvalue weighted by atomic mass is 32.1. The second-order valence-corrected chi connectivity index (χ2v) is 7.87. The molecule has 2 aromatic rings. The molecule has 2 aliphatic rings. The fourth-order valence-corrected chi connectivity index (χ4v) is 4.78. The van der Waals surface area contributed by atoms with Crippen molar-refractivity contribution in [1.29, 1.82) is 0 Å². The van der Waals surface area contributed by atoms with Gasteiger partial charge in [-0.15, -0.1) is 11.3 Å². The van der Waals surface area contributed by atoms with Crippen molar-refractivity contribution in [2.75, 3.05) is 19.6 Å². The molecule has 2 atom stereocenters. The Labute approximate surface area is 151 Å². The van der Waals surface area contributed by atoms with Crippen molar-refractivity contribution in [3.8, 4) is 0 Å². The lowest BCUT2D eigenvalue weighted by atomic mass is 9.83. The average molecular weight is 358 g/mol. The molecule has 0 aromatic carbocycles. The van der Waals surface area contributed by atoms with E-state index in [1.54, 1.807) is 17.4 Å². The lowest BCUT2D eigenvalue weighted by molar-refractivity contribution is -0.140. The van der Waals surface area contributed by atoms with Gasteiger partial charge < -0.3 is 14.2 Å². The summed E-state index contributed by atoms with van der Waals surface area (Å²) in [7, 11) is 0. The van der Waals surface area contributed by atoms with Crippen LogP contribution in [0.5, 0.6) is 0 Å². The second-order valence-electron chi connectivity index (χ2n) is 6.83. The zero-order chi connectivity index (χ0) is 17.2. The average Bonchev–Trinajstić information content (AvgIpc) is 3.33. The van der Waals surface area contributed by atoms with Crippen molar-refractivity contribution in [3.63, 3.8) is 0 Å². The van der Waals surface area contributed by atoms with E-state index in [1.165, 1.54) is 17.4 Å². The molecule has 2 amide bonds. The molecule has 25 heavy (non-hydrogen) atoms. The largest absolute Gasteiger partial charge is 0.472 e. The summed E-state index contributed by atoms with van der Waals surface area (Å²) >= 11 is 1.75. The predicted octanol–water partition coefficient (Wildman–Crippen LogP) is 3.04. The van der Waals surface area contributed by atoms with E-state index in [0.717, 1.165) is 32.4 Å². The number of piperidine rings is 2. The van der Waals surface area contributed by atoms with Crippen LogP contribution >= 0.6 is 11.3 Å². The molecule has 4 heterocycles. The van der Waals surface area contributed by atoms with Crippen LogP contribution in [0.15, 0.2) is 40.5 Å². The third-order valence-corrected chi connectivity index (χ3v) is 6.31. The summed E-state index contributed by atoms with van der Waals surface area (Å²) in [4.78, 5) is 30.3. The van der Waals surface area contributed by atoms with Crippen molar-refractivity contribution in [2.24, 2.45) is 5.92 Å². The molecule has 0 saturated carbocycles. The monoisotopic (exact) mass is 358 g/mol. The third-order valence-electron chi connectivity index (χ3n) is 5.38. The van der Waals surface area contributed by atoms with Gasteiger partial charge in [0.25, 0.3) is 5.91 Å². The minimum atomic E-state index is 0.0363. The van der Waals surface area contributed by atoms with Gasteiger partial charge in [-0.2, -0.15) is 0 Å². The summed E-state index contributed by atoms with van der Waals surface area (Å²) in [6.07, 6.45) is 6.31. The molecular weight excluding hydrogens is 336 g/mol. The number of fused-ring (bicyclic) bond motifs is 1. The number of hydrogen-bond donors (Lipinski definition) is 0. The molecule has 2 unspecified atom stereocenters. The Morgan fingerprint density at radius 3 is 3.00 bits per heavy atom. The maximum Gasteiger partial charge on any atom is 0.257 e. The molecule has 2 aromatic heterocycles. The van der Waals surface area contributed by atoms with Gasteiger partial charge in [-0.05, 0) is 42.7 Å². The first-order chi connectivity index (χ1) is 12.2. The summed E-state index contributed by atoms with van der Waals surface area (Å²) < 4.78 is 5.03. The number of thiophene rings is 1. The van der Waals surface area contributed by atoms with Crippen molar-refractivity contribution in [1.82, 2.24) is 9.80 Å². The number of amides is 2. The molecule has 2 fully saturated rings. The number of hydrogen-bond acceptors (Lipinski definition) is 4. The Kier molecular flexibility index (Phi) is 4.61. The highest BCUT2D eigenvalue weighted by Crippen LogP contribution is 2.32. The minimum Gasteiger partial charge on any atom is -0.472 e. The third kappa shape index (κ3) is 3.35. The number of furan rings is 1. The maximum atomic E-state index is 12.5. The quantitative estimate of drug-likeness (QED) is 0.844. The van der Waals surface area contributed by atoms with Crippen molar-refractivity contribution >= 4 is 23.2 Å². The van der Waals surface area contributed by atoms with Gasteiger partial charge in [-0.1, -0.05) is 6.07 Å². The normalized spacial score (nSPS) is 23.6. The van der Waals surface area contributed by atoms with Crippen LogP contribution in [-0.2, 0) is 11.2 Å². The summed E-state index contributed by atoms with van der Waals surface area (Å²) in [6.45, 7) is 2.22. The molecular formula is C19H22N2O3S. The summed E-state index contributed by atoms with van der Waals surface area (Å²) in [5.74, 6) is 0.687. The van der Waals surface area contributed by atoms with Crippen molar-refractivity contribution < 1.29 is 14.0 Å². The minimum absolute atomic E-state index is 0.0363. The molecule has 132 valence electrons. The topological polar surface area (TPSA) is 53.8 Å². The van der Waals surface area contributed by atoms with Gasteiger partial charge in [0.15, 0.2) is 0 Å². The van der Waals surface area contributed by atoms with E-state index in [9.17, 15) is 9.59 Å². The van der Waals surface area contributed by atoms with E-state index in [2.05, 4.69) is 22.4 Å². The van der Waals surface area contributed by atoms with Gasteiger partial charge in [0.05, 0.1) is 11.8 Å². The number of carbonyl (C=O) groups is 2. The molecule has 2 aliphatic heterocycles. The van der Waals surface area contributed by atoms with Crippen LogP contribution in [0.3, 0.4) is 0 Å². The van der Waals surface area contributed by atoms with Gasteiger partial charge in [0, 0.05) is 37.0 Å². The zero-order valence-electron chi connectivity index (χ0n) is 14.1. The second kappa shape index (κ2) is 7.04. The summed E-state index contributed by atoms with van der Waals surface area (Å²) in [5, 5.41) is 2.08. The van der Waals surface area contributed by atoms with Crippen molar-refractivity contribution in [3.05, 3.63) is 46.5 Å². The summed E-state index contributed by atoms with van der Waals surface area (Å²) in [5.41, 5.74) is 0.611.